The first-order chi connectivity index (χ1) is 10.6. The summed E-state index contributed by atoms with van der Waals surface area (Å²) in [5, 5.41) is 4.36. The van der Waals surface area contributed by atoms with Crippen LogP contribution < -0.4 is 5.32 Å². The van der Waals surface area contributed by atoms with Gasteiger partial charge in [-0.15, -0.1) is 0 Å². The van der Waals surface area contributed by atoms with Crippen LogP contribution in [-0.2, 0) is 14.3 Å². The van der Waals surface area contributed by atoms with Crippen molar-refractivity contribution >= 4 is 22.8 Å². The minimum atomic E-state index is -0.479. The normalized spacial score (nSPS) is 36.9. The number of amidine groups is 1. The number of amides is 1. The summed E-state index contributed by atoms with van der Waals surface area (Å²) in [5.74, 6) is 1.65. The molecule has 1 aliphatic heterocycles. The molecule has 0 aromatic heterocycles. The lowest BCUT2D eigenvalue weighted by Crippen LogP contribution is -2.37. The minimum absolute atomic E-state index is 0.0292. The van der Waals surface area contributed by atoms with E-state index in [1.165, 1.54) is 25.7 Å². The lowest BCUT2D eigenvalue weighted by Gasteiger charge is -2.25. The molecule has 5 nitrogen and oxygen atoms in total. The van der Waals surface area contributed by atoms with Gasteiger partial charge >= 0.3 is 0 Å². The van der Waals surface area contributed by atoms with Gasteiger partial charge in [-0.05, 0) is 44.4 Å². The Morgan fingerprint density at radius 1 is 1.32 bits per heavy atom. The van der Waals surface area contributed by atoms with Crippen molar-refractivity contribution in [1.82, 2.24) is 5.32 Å². The van der Waals surface area contributed by atoms with Crippen LogP contribution in [0.15, 0.2) is 4.99 Å². The van der Waals surface area contributed by atoms with Gasteiger partial charge in [0.25, 0.3) is 5.91 Å². The molecule has 0 aromatic carbocycles. The summed E-state index contributed by atoms with van der Waals surface area (Å²) in [5.41, 5.74) is 0. The number of aliphatic imine (C=N–C) groups is 1. The first-order valence-corrected chi connectivity index (χ1v) is 9.08. The summed E-state index contributed by atoms with van der Waals surface area (Å²) >= 11 is 1.58. The second-order valence-electron chi connectivity index (χ2n) is 6.84. The molecule has 1 N–H and O–H groups in total. The number of carbonyl (C=O) groups excluding carboxylic acids is 1. The molecular weight excluding hydrogens is 300 g/mol. The molecular formula is C16H26N2O3S. The molecule has 3 aliphatic rings. The van der Waals surface area contributed by atoms with Crippen LogP contribution >= 0.6 is 11.8 Å². The quantitative estimate of drug-likeness (QED) is 0.727. The Kier molecular flexibility index (Phi) is 5.10. The standard InChI is InChI=1S/C16H26N2O3S/c1-16(5-6-21-8-7-20-2)14(19)18-15(22-16)17-13-10-11-3-4-12(13)9-11/h11-13H,3-10H2,1-2H3,(H,17,18,19)/t11-,12?,13+,16?/m1/s1. The number of hydrogen-bond donors (Lipinski definition) is 1. The largest absolute Gasteiger partial charge is 0.382 e. The maximum absolute atomic E-state index is 12.2. The Hall–Kier alpha value is -0.590. The van der Waals surface area contributed by atoms with Gasteiger partial charge in [0.15, 0.2) is 5.17 Å². The third-order valence-corrected chi connectivity index (χ3v) is 6.41. The molecule has 124 valence electrons. The monoisotopic (exact) mass is 326 g/mol. The van der Waals surface area contributed by atoms with Gasteiger partial charge in [0.1, 0.15) is 4.75 Å². The van der Waals surface area contributed by atoms with Crippen LogP contribution in [-0.4, -0.2) is 48.8 Å². The number of ether oxygens (including phenoxy) is 2. The second-order valence-corrected chi connectivity index (χ2v) is 8.33. The summed E-state index contributed by atoms with van der Waals surface area (Å²) in [6.45, 7) is 3.70. The lowest BCUT2D eigenvalue weighted by molar-refractivity contribution is -0.119. The molecule has 4 atom stereocenters. The first-order valence-electron chi connectivity index (χ1n) is 8.26. The van der Waals surface area contributed by atoms with Crippen molar-refractivity contribution in [2.75, 3.05) is 26.9 Å². The summed E-state index contributed by atoms with van der Waals surface area (Å²) in [6.07, 6.45) is 6.01. The smallest absolute Gasteiger partial charge is 0.264 e. The van der Waals surface area contributed by atoms with E-state index in [4.69, 9.17) is 9.47 Å². The molecule has 2 fully saturated rings. The fourth-order valence-corrected chi connectivity index (χ4v) is 4.89. The number of nitrogens with zero attached hydrogens (tertiary/aromatic N) is 1. The number of carbonyl (C=O) groups is 1. The molecule has 6 heteroatoms. The van der Waals surface area contributed by atoms with E-state index in [9.17, 15) is 4.79 Å². The molecule has 3 rings (SSSR count). The third-order valence-electron chi connectivity index (χ3n) is 5.18. The topological polar surface area (TPSA) is 59.9 Å². The van der Waals surface area contributed by atoms with Crippen LogP contribution in [0.1, 0.15) is 39.0 Å². The maximum atomic E-state index is 12.2. The summed E-state index contributed by atoms with van der Waals surface area (Å²) < 4.78 is 9.96. The van der Waals surface area contributed by atoms with Crippen LogP contribution in [0, 0.1) is 11.8 Å². The second kappa shape index (κ2) is 6.89. The van der Waals surface area contributed by atoms with Gasteiger partial charge in [-0.3, -0.25) is 4.79 Å². The molecule has 22 heavy (non-hydrogen) atoms. The van der Waals surface area contributed by atoms with E-state index in [-0.39, 0.29) is 5.91 Å². The predicted molar refractivity (Wildman–Crippen MR) is 88.1 cm³/mol. The van der Waals surface area contributed by atoms with E-state index in [0.29, 0.717) is 32.3 Å². The number of fused-ring (bicyclic) bond motifs is 2. The van der Waals surface area contributed by atoms with E-state index in [0.717, 1.165) is 17.0 Å². The Labute approximate surface area is 136 Å². The van der Waals surface area contributed by atoms with Gasteiger partial charge in [-0.2, -0.15) is 4.99 Å². The molecule has 0 radical (unpaired) electrons. The molecule has 0 spiro atoms. The zero-order chi connectivity index (χ0) is 15.6. The molecule has 1 heterocycles. The summed E-state index contributed by atoms with van der Waals surface area (Å²) in [7, 11) is 1.66. The van der Waals surface area contributed by atoms with Crippen molar-refractivity contribution in [3.63, 3.8) is 0 Å². The fraction of sp³-hybridized carbons (Fsp3) is 0.875. The summed E-state index contributed by atoms with van der Waals surface area (Å²) in [6, 6.07) is 0.526. The number of rotatable bonds is 7. The van der Waals surface area contributed by atoms with Crippen molar-refractivity contribution < 1.29 is 14.3 Å². The Bertz CT molecular complexity index is 457. The highest BCUT2D eigenvalue weighted by Crippen LogP contribution is 2.45. The highest BCUT2D eigenvalue weighted by Gasteiger charge is 2.44. The average Bonchev–Trinajstić information content (AvgIpc) is 3.15. The number of hydrogen-bond acceptors (Lipinski definition) is 5. The van der Waals surface area contributed by atoms with Gasteiger partial charge in [-0.1, -0.05) is 18.2 Å². The van der Waals surface area contributed by atoms with E-state index < -0.39 is 4.75 Å². The first kappa shape index (κ1) is 16.3. The van der Waals surface area contributed by atoms with Crippen molar-refractivity contribution in [2.45, 2.75) is 49.8 Å². The van der Waals surface area contributed by atoms with E-state index in [2.05, 4.69) is 10.3 Å². The van der Waals surface area contributed by atoms with Crippen LogP contribution in [0.2, 0.25) is 0 Å². The zero-order valence-electron chi connectivity index (χ0n) is 13.5. The zero-order valence-corrected chi connectivity index (χ0v) is 14.3. The van der Waals surface area contributed by atoms with E-state index in [1.54, 1.807) is 18.9 Å². The van der Waals surface area contributed by atoms with Crippen molar-refractivity contribution in [3.05, 3.63) is 0 Å². The number of thioether (sulfide) groups is 1. The minimum Gasteiger partial charge on any atom is -0.382 e. The molecule has 2 bridgehead atoms. The number of nitrogens with one attached hydrogen (secondary N) is 1. The predicted octanol–water partition coefficient (Wildman–Crippen LogP) is 2.21. The van der Waals surface area contributed by atoms with Crippen molar-refractivity contribution in [3.8, 4) is 0 Å². The van der Waals surface area contributed by atoms with Gasteiger partial charge in [0, 0.05) is 19.8 Å². The fourth-order valence-electron chi connectivity index (χ4n) is 3.80. The van der Waals surface area contributed by atoms with Crippen LogP contribution in [0.25, 0.3) is 0 Å². The lowest BCUT2D eigenvalue weighted by atomic mass is 9.96. The highest BCUT2D eigenvalue weighted by molar-refractivity contribution is 8.16. The average molecular weight is 326 g/mol. The molecule has 0 aromatic rings. The van der Waals surface area contributed by atoms with Gasteiger partial charge in [0.2, 0.25) is 0 Å². The Morgan fingerprint density at radius 3 is 2.86 bits per heavy atom. The highest BCUT2D eigenvalue weighted by atomic mass is 32.2. The van der Waals surface area contributed by atoms with Gasteiger partial charge in [0.05, 0.1) is 13.2 Å². The third kappa shape index (κ3) is 3.49. The van der Waals surface area contributed by atoms with E-state index in [1.807, 2.05) is 6.92 Å². The van der Waals surface area contributed by atoms with E-state index >= 15 is 0 Å². The molecule has 0 saturated heterocycles. The molecule has 2 saturated carbocycles. The molecule has 2 aliphatic carbocycles. The number of methoxy groups -OCH3 is 1. The van der Waals surface area contributed by atoms with Crippen molar-refractivity contribution in [2.24, 2.45) is 16.8 Å². The van der Waals surface area contributed by atoms with Crippen LogP contribution in [0.5, 0.6) is 0 Å². The Morgan fingerprint density at radius 2 is 2.18 bits per heavy atom. The van der Waals surface area contributed by atoms with Gasteiger partial charge < -0.3 is 14.8 Å². The van der Waals surface area contributed by atoms with Crippen LogP contribution in [0.3, 0.4) is 0 Å². The van der Waals surface area contributed by atoms with Gasteiger partial charge in [-0.25, -0.2) is 0 Å². The Balaban J connectivity index is 1.45. The maximum Gasteiger partial charge on any atom is 0.264 e. The molecule has 1 amide bonds. The molecule has 2 unspecified atom stereocenters. The van der Waals surface area contributed by atoms with Crippen LogP contribution in [0.4, 0.5) is 0 Å². The van der Waals surface area contributed by atoms with Crippen molar-refractivity contribution in [1.29, 1.82) is 0 Å². The summed E-state index contributed by atoms with van der Waals surface area (Å²) in [4.78, 5) is 16.5. The SMILES string of the molecule is COCCOCCC1(C)SC(N[C@H]2C[C@@H]3CCC2C3)=NC1=O.